The molecule has 1 aromatic rings. The lowest BCUT2D eigenvalue weighted by Crippen LogP contribution is -2.31. The fraction of sp³-hybridized carbons (Fsp3) is 0.438. The molecule has 0 saturated carbocycles. The van der Waals surface area contributed by atoms with Crippen LogP contribution >= 0.6 is 0 Å². The maximum absolute atomic E-state index is 5.93. The second-order valence-corrected chi connectivity index (χ2v) is 4.59. The molecule has 1 aromatic carbocycles. The minimum absolute atomic E-state index is 0.207. The van der Waals surface area contributed by atoms with Gasteiger partial charge in [0.2, 0.25) is 0 Å². The summed E-state index contributed by atoms with van der Waals surface area (Å²) < 4.78 is 0. The second-order valence-electron chi connectivity index (χ2n) is 4.59. The van der Waals surface area contributed by atoms with Crippen molar-refractivity contribution in [2.75, 3.05) is 11.9 Å². The molecule has 2 atom stereocenters. The Bertz CT molecular complexity index is 386. The molecule has 3 heteroatoms. The zero-order chi connectivity index (χ0) is 14.8. The molecule has 0 saturated heterocycles. The number of nitrogens with one attached hydrogen (secondary N) is 1. The van der Waals surface area contributed by atoms with Crippen molar-refractivity contribution in [1.82, 2.24) is 0 Å². The van der Waals surface area contributed by atoms with Crippen molar-refractivity contribution in [1.29, 1.82) is 0 Å². The summed E-state index contributed by atoms with van der Waals surface area (Å²) in [6.07, 6.45) is 1.08. The minimum atomic E-state index is 0.207. The van der Waals surface area contributed by atoms with Crippen LogP contribution in [0.2, 0.25) is 0 Å². The molecule has 0 aromatic heterocycles. The summed E-state index contributed by atoms with van der Waals surface area (Å²) in [7, 11) is 0. The monoisotopic (exact) mass is 261 g/mol. The van der Waals surface area contributed by atoms with Crippen molar-refractivity contribution < 1.29 is 0 Å². The number of hydrogen-bond donors (Lipinski definition) is 2. The van der Waals surface area contributed by atoms with E-state index in [0.717, 1.165) is 24.3 Å². The molecule has 0 spiro atoms. The summed E-state index contributed by atoms with van der Waals surface area (Å²) in [4.78, 5) is 4.04. The number of aryl methyl sites for hydroxylation is 1. The van der Waals surface area contributed by atoms with E-state index in [0.29, 0.717) is 5.92 Å². The molecule has 3 N–H and O–H groups in total. The fourth-order valence-corrected chi connectivity index (χ4v) is 1.87. The van der Waals surface area contributed by atoms with Crippen molar-refractivity contribution in [3.63, 3.8) is 0 Å². The molecule has 0 aliphatic heterocycles. The van der Waals surface area contributed by atoms with Crippen LogP contribution in [0, 0.1) is 12.8 Å². The van der Waals surface area contributed by atoms with Crippen LogP contribution in [0.15, 0.2) is 36.3 Å². The molecule has 0 amide bonds. The van der Waals surface area contributed by atoms with Crippen LogP contribution in [0.1, 0.15) is 25.8 Å². The van der Waals surface area contributed by atoms with Gasteiger partial charge in [0.05, 0.1) is 11.4 Å². The Morgan fingerprint density at radius 3 is 2.47 bits per heavy atom. The zero-order valence-electron chi connectivity index (χ0n) is 12.4. The molecule has 0 heterocycles. The van der Waals surface area contributed by atoms with Gasteiger partial charge in [0.15, 0.2) is 0 Å². The highest BCUT2D eigenvalue weighted by atomic mass is 14.9. The Hall–Kier alpha value is -1.61. The van der Waals surface area contributed by atoms with E-state index < -0.39 is 0 Å². The highest BCUT2D eigenvalue weighted by molar-refractivity contribution is 5.68. The van der Waals surface area contributed by atoms with Crippen LogP contribution in [0.5, 0.6) is 0 Å². The van der Waals surface area contributed by atoms with Crippen LogP contribution < -0.4 is 11.1 Å². The fourth-order valence-electron chi connectivity index (χ4n) is 1.87. The average Bonchev–Trinajstić information content (AvgIpc) is 2.42. The number of nitrogens with two attached hydrogens (primary N) is 1. The SMILES string of the molecule is C=C.C=Nc1cc(C)ccc1NCC(CC)C(C)N. The van der Waals surface area contributed by atoms with Gasteiger partial charge in [-0.2, -0.15) is 0 Å². The Morgan fingerprint density at radius 2 is 2.00 bits per heavy atom. The normalized spacial score (nSPS) is 12.8. The van der Waals surface area contributed by atoms with Crippen molar-refractivity contribution in [2.45, 2.75) is 33.2 Å². The third-order valence-electron chi connectivity index (χ3n) is 3.15. The van der Waals surface area contributed by atoms with E-state index in [2.05, 4.69) is 57.0 Å². The van der Waals surface area contributed by atoms with Gasteiger partial charge in [-0.25, -0.2) is 0 Å². The lowest BCUT2D eigenvalue weighted by molar-refractivity contribution is 0.451. The predicted octanol–water partition coefficient (Wildman–Crippen LogP) is 3.91. The first-order chi connectivity index (χ1) is 9.08. The molecule has 0 radical (unpaired) electrons. The van der Waals surface area contributed by atoms with Crippen molar-refractivity contribution >= 4 is 18.1 Å². The van der Waals surface area contributed by atoms with E-state index in [1.165, 1.54) is 5.56 Å². The summed E-state index contributed by atoms with van der Waals surface area (Å²) in [5.74, 6) is 0.481. The largest absolute Gasteiger partial charge is 0.383 e. The molecule has 0 fully saturated rings. The minimum Gasteiger partial charge on any atom is -0.383 e. The van der Waals surface area contributed by atoms with Gasteiger partial charge < -0.3 is 11.1 Å². The molecule has 3 nitrogen and oxygen atoms in total. The molecule has 0 bridgehead atoms. The van der Waals surface area contributed by atoms with Crippen LogP contribution in [0.25, 0.3) is 0 Å². The smallest absolute Gasteiger partial charge is 0.0856 e. The summed E-state index contributed by atoms with van der Waals surface area (Å²) in [6, 6.07) is 6.36. The Kier molecular flexibility index (Phi) is 8.55. The first kappa shape index (κ1) is 17.4. The average molecular weight is 261 g/mol. The maximum atomic E-state index is 5.93. The second kappa shape index (κ2) is 9.34. The summed E-state index contributed by atoms with van der Waals surface area (Å²) in [5.41, 5.74) is 9.06. The van der Waals surface area contributed by atoms with Gasteiger partial charge in [-0.05, 0) is 44.2 Å². The van der Waals surface area contributed by atoms with E-state index in [1.807, 2.05) is 12.1 Å². The van der Waals surface area contributed by atoms with Crippen molar-refractivity contribution in [3.8, 4) is 0 Å². The molecule has 106 valence electrons. The lowest BCUT2D eigenvalue weighted by Gasteiger charge is -2.20. The first-order valence-corrected chi connectivity index (χ1v) is 6.65. The van der Waals surface area contributed by atoms with Gasteiger partial charge in [0.25, 0.3) is 0 Å². The Balaban J connectivity index is 0.00000154. The van der Waals surface area contributed by atoms with E-state index in [9.17, 15) is 0 Å². The molecule has 1 rings (SSSR count). The molecule has 0 aliphatic carbocycles. The van der Waals surface area contributed by atoms with E-state index in [4.69, 9.17) is 5.73 Å². The van der Waals surface area contributed by atoms with Gasteiger partial charge in [0, 0.05) is 12.6 Å². The summed E-state index contributed by atoms with van der Waals surface area (Å²) in [6.45, 7) is 16.7. The van der Waals surface area contributed by atoms with E-state index >= 15 is 0 Å². The number of rotatable bonds is 6. The molecule has 2 unspecified atom stereocenters. The van der Waals surface area contributed by atoms with Crippen LogP contribution in [0.4, 0.5) is 11.4 Å². The van der Waals surface area contributed by atoms with Crippen LogP contribution in [0.3, 0.4) is 0 Å². The van der Waals surface area contributed by atoms with Crippen LogP contribution in [-0.4, -0.2) is 19.3 Å². The molecule has 19 heavy (non-hydrogen) atoms. The molecular formula is C16H27N3. The summed E-state index contributed by atoms with van der Waals surface area (Å²) >= 11 is 0. The molecule has 0 aliphatic rings. The van der Waals surface area contributed by atoms with Crippen molar-refractivity contribution in [2.24, 2.45) is 16.6 Å². The Morgan fingerprint density at radius 1 is 1.37 bits per heavy atom. The van der Waals surface area contributed by atoms with Gasteiger partial charge in [0.1, 0.15) is 0 Å². The first-order valence-electron chi connectivity index (χ1n) is 6.65. The standard InChI is InChI=1S/C14H23N3.C2H4/c1-5-12(11(3)15)9-17-13-7-6-10(2)8-14(13)16-4;1-2/h6-8,11-12,17H,4-5,9,15H2,1-3H3;1-2H2. The zero-order valence-corrected chi connectivity index (χ0v) is 12.4. The number of hydrogen-bond acceptors (Lipinski definition) is 3. The third-order valence-corrected chi connectivity index (χ3v) is 3.15. The molecular weight excluding hydrogens is 234 g/mol. The topological polar surface area (TPSA) is 50.4 Å². The number of nitrogens with zero attached hydrogens (tertiary/aromatic N) is 1. The van der Waals surface area contributed by atoms with E-state index in [-0.39, 0.29) is 6.04 Å². The van der Waals surface area contributed by atoms with Gasteiger partial charge >= 0.3 is 0 Å². The number of aliphatic imine (C=N–C) groups is 1. The quantitative estimate of drug-likeness (QED) is 0.602. The van der Waals surface area contributed by atoms with E-state index in [1.54, 1.807) is 0 Å². The Labute approximate surface area is 117 Å². The van der Waals surface area contributed by atoms with Gasteiger partial charge in [-0.1, -0.05) is 19.4 Å². The van der Waals surface area contributed by atoms with Crippen LogP contribution in [-0.2, 0) is 0 Å². The maximum Gasteiger partial charge on any atom is 0.0856 e. The highest BCUT2D eigenvalue weighted by Crippen LogP contribution is 2.26. The number of benzene rings is 1. The van der Waals surface area contributed by atoms with Crippen molar-refractivity contribution in [3.05, 3.63) is 36.9 Å². The third kappa shape index (κ3) is 5.71. The summed E-state index contributed by atoms with van der Waals surface area (Å²) in [5, 5.41) is 3.41. The number of anilines is 1. The van der Waals surface area contributed by atoms with Gasteiger partial charge in [-0.3, -0.25) is 4.99 Å². The highest BCUT2D eigenvalue weighted by Gasteiger charge is 2.11. The van der Waals surface area contributed by atoms with Gasteiger partial charge in [-0.15, -0.1) is 13.2 Å². The lowest BCUT2D eigenvalue weighted by atomic mass is 9.99. The predicted molar refractivity (Wildman–Crippen MR) is 87.6 cm³/mol.